The van der Waals surface area contributed by atoms with Gasteiger partial charge in [0.15, 0.2) is 11.5 Å². The minimum Gasteiger partial charge on any atom is -0.486 e. The Morgan fingerprint density at radius 1 is 1.00 bits per heavy atom. The summed E-state index contributed by atoms with van der Waals surface area (Å²) in [4.78, 5) is 0.241. The van der Waals surface area contributed by atoms with E-state index >= 15 is 0 Å². The van der Waals surface area contributed by atoms with Crippen LogP contribution in [-0.4, -0.2) is 21.6 Å². The third kappa shape index (κ3) is 3.82. The van der Waals surface area contributed by atoms with Gasteiger partial charge in [0.25, 0.3) is 10.0 Å². The van der Waals surface area contributed by atoms with E-state index in [1.54, 1.807) is 30.3 Å². The minimum absolute atomic E-state index is 0.241. The quantitative estimate of drug-likeness (QED) is 0.900. The monoisotopic (exact) mass is 347 g/mol. The summed E-state index contributed by atoms with van der Waals surface area (Å²) >= 11 is 0. The van der Waals surface area contributed by atoms with Gasteiger partial charge in [-0.25, -0.2) is 8.42 Å². The van der Waals surface area contributed by atoms with Crippen LogP contribution in [0.3, 0.4) is 0 Å². The van der Waals surface area contributed by atoms with E-state index < -0.39 is 10.0 Å². The fourth-order valence-electron chi connectivity index (χ4n) is 2.60. The largest absolute Gasteiger partial charge is 0.486 e. The lowest BCUT2D eigenvalue weighted by Gasteiger charge is -2.19. The molecule has 1 N–H and O–H groups in total. The van der Waals surface area contributed by atoms with E-state index in [1.807, 2.05) is 12.1 Å². The first-order chi connectivity index (χ1) is 11.4. The molecule has 5 nitrogen and oxygen atoms in total. The molecule has 0 bridgehead atoms. The van der Waals surface area contributed by atoms with Gasteiger partial charge in [0, 0.05) is 6.07 Å². The zero-order valence-corrected chi connectivity index (χ0v) is 14.6. The Morgan fingerprint density at radius 3 is 2.33 bits per heavy atom. The Kier molecular flexibility index (Phi) is 4.66. The number of anilines is 1. The summed E-state index contributed by atoms with van der Waals surface area (Å²) in [5, 5.41) is 0. The fourth-order valence-corrected chi connectivity index (χ4v) is 3.65. The number of benzene rings is 2. The van der Waals surface area contributed by atoms with Gasteiger partial charge in [-0.05, 0) is 42.2 Å². The SMILES string of the molecule is CC(C)Cc1ccc(S(=O)(=O)Nc2ccc3c(c2)OCCO3)cc1. The Balaban J connectivity index is 1.78. The highest BCUT2D eigenvalue weighted by Crippen LogP contribution is 2.33. The van der Waals surface area contributed by atoms with Crippen molar-refractivity contribution in [2.75, 3.05) is 17.9 Å². The maximum Gasteiger partial charge on any atom is 0.261 e. The van der Waals surface area contributed by atoms with E-state index in [0.29, 0.717) is 36.3 Å². The molecule has 0 amide bonds. The molecule has 0 fully saturated rings. The molecule has 0 saturated heterocycles. The van der Waals surface area contributed by atoms with Crippen LogP contribution in [0.1, 0.15) is 19.4 Å². The van der Waals surface area contributed by atoms with Gasteiger partial charge in [-0.1, -0.05) is 26.0 Å². The number of hydrogen-bond acceptors (Lipinski definition) is 4. The first-order valence-corrected chi connectivity index (χ1v) is 9.44. The molecular weight excluding hydrogens is 326 g/mol. The Hall–Kier alpha value is -2.21. The maximum atomic E-state index is 12.5. The van der Waals surface area contributed by atoms with Crippen LogP contribution < -0.4 is 14.2 Å². The Morgan fingerprint density at radius 2 is 1.67 bits per heavy atom. The number of fused-ring (bicyclic) bond motifs is 1. The predicted octanol–water partition coefficient (Wildman–Crippen LogP) is 3.46. The first-order valence-electron chi connectivity index (χ1n) is 7.95. The lowest BCUT2D eigenvalue weighted by Crippen LogP contribution is -2.16. The van der Waals surface area contributed by atoms with Crippen molar-refractivity contribution in [3.05, 3.63) is 48.0 Å². The molecule has 0 aromatic heterocycles. The third-order valence-corrected chi connectivity index (χ3v) is 5.07. The number of nitrogens with one attached hydrogen (secondary N) is 1. The average Bonchev–Trinajstić information content (AvgIpc) is 2.54. The van der Waals surface area contributed by atoms with Crippen LogP contribution in [0.2, 0.25) is 0 Å². The molecule has 2 aromatic rings. The van der Waals surface area contributed by atoms with Crippen molar-refractivity contribution in [1.82, 2.24) is 0 Å². The highest BCUT2D eigenvalue weighted by molar-refractivity contribution is 7.92. The topological polar surface area (TPSA) is 64.6 Å². The van der Waals surface area contributed by atoms with Gasteiger partial charge in [-0.2, -0.15) is 0 Å². The van der Waals surface area contributed by atoms with Gasteiger partial charge in [0.1, 0.15) is 13.2 Å². The van der Waals surface area contributed by atoms with Crippen LogP contribution >= 0.6 is 0 Å². The second-order valence-electron chi connectivity index (χ2n) is 6.21. The van der Waals surface area contributed by atoms with E-state index in [9.17, 15) is 8.42 Å². The average molecular weight is 347 g/mol. The van der Waals surface area contributed by atoms with Crippen LogP contribution in [0.4, 0.5) is 5.69 Å². The van der Waals surface area contributed by atoms with Gasteiger partial charge in [0.2, 0.25) is 0 Å². The third-order valence-electron chi connectivity index (χ3n) is 3.67. The molecule has 0 unspecified atom stereocenters. The molecule has 1 aliphatic heterocycles. The molecule has 0 radical (unpaired) electrons. The standard InChI is InChI=1S/C18H21NO4S/c1-13(2)11-14-3-6-16(7-4-14)24(20,21)19-15-5-8-17-18(12-15)23-10-9-22-17/h3-8,12-13,19H,9-11H2,1-2H3. The number of ether oxygens (including phenoxy) is 2. The summed E-state index contributed by atoms with van der Waals surface area (Å²) < 4.78 is 38.5. The van der Waals surface area contributed by atoms with Crippen molar-refractivity contribution in [2.24, 2.45) is 5.92 Å². The van der Waals surface area contributed by atoms with Crippen molar-refractivity contribution in [3.8, 4) is 11.5 Å². The highest BCUT2D eigenvalue weighted by Gasteiger charge is 2.17. The minimum atomic E-state index is -3.63. The van der Waals surface area contributed by atoms with Gasteiger partial charge in [-0.3, -0.25) is 4.72 Å². The van der Waals surface area contributed by atoms with Gasteiger partial charge >= 0.3 is 0 Å². The zero-order chi connectivity index (χ0) is 17.2. The van der Waals surface area contributed by atoms with E-state index in [1.165, 1.54) is 0 Å². The van der Waals surface area contributed by atoms with E-state index in [2.05, 4.69) is 18.6 Å². The summed E-state index contributed by atoms with van der Waals surface area (Å²) in [6.07, 6.45) is 0.927. The molecule has 0 aliphatic carbocycles. The van der Waals surface area contributed by atoms with Gasteiger partial charge < -0.3 is 9.47 Å². The highest BCUT2D eigenvalue weighted by atomic mass is 32.2. The lowest BCUT2D eigenvalue weighted by atomic mass is 10.0. The van der Waals surface area contributed by atoms with E-state index in [-0.39, 0.29) is 4.90 Å². The van der Waals surface area contributed by atoms with Crippen LogP contribution in [0.15, 0.2) is 47.4 Å². The Labute approximate surface area is 142 Å². The molecule has 2 aromatic carbocycles. The lowest BCUT2D eigenvalue weighted by molar-refractivity contribution is 0.171. The van der Waals surface area contributed by atoms with E-state index in [0.717, 1.165) is 12.0 Å². The number of hydrogen-bond donors (Lipinski definition) is 1. The smallest absolute Gasteiger partial charge is 0.261 e. The second kappa shape index (κ2) is 6.73. The summed E-state index contributed by atoms with van der Waals surface area (Å²) in [6, 6.07) is 12.0. The van der Waals surface area contributed by atoms with Crippen LogP contribution in [0, 0.1) is 5.92 Å². The summed E-state index contributed by atoms with van der Waals surface area (Å²) in [5.41, 5.74) is 1.58. The summed E-state index contributed by atoms with van der Waals surface area (Å²) in [7, 11) is -3.63. The molecule has 0 spiro atoms. The Bertz CT molecular complexity index is 813. The number of rotatable bonds is 5. The zero-order valence-electron chi connectivity index (χ0n) is 13.8. The molecule has 1 heterocycles. The maximum absolute atomic E-state index is 12.5. The summed E-state index contributed by atoms with van der Waals surface area (Å²) in [5.74, 6) is 1.71. The van der Waals surface area contributed by atoms with E-state index in [4.69, 9.17) is 9.47 Å². The molecular formula is C18H21NO4S. The first kappa shape index (κ1) is 16.6. The second-order valence-corrected chi connectivity index (χ2v) is 7.89. The summed E-state index contributed by atoms with van der Waals surface area (Å²) in [6.45, 7) is 5.23. The molecule has 128 valence electrons. The molecule has 24 heavy (non-hydrogen) atoms. The predicted molar refractivity (Wildman–Crippen MR) is 93.2 cm³/mol. The molecule has 0 atom stereocenters. The van der Waals surface area contributed by atoms with Crippen LogP contribution in [0.5, 0.6) is 11.5 Å². The molecule has 0 saturated carbocycles. The van der Waals surface area contributed by atoms with Crippen molar-refractivity contribution < 1.29 is 17.9 Å². The van der Waals surface area contributed by atoms with Crippen molar-refractivity contribution in [2.45, 2.75) is 25.2 Å². The molecule has 1 aliphatic rings. The van der Waals surface area contributed by atoms with Crippen LogP contribution in [-0.2, 0) is 16.4 Å². The van der Waals surface area contributed by atoms with Crippen molar-refractivity contribution >= 4 is 15.7 Å². The fraction of sp³-hybridized carbons (Fsp3) is 0.333. The molecule has 3 rings (SSSR count). The van der Waals surface area contributed by atoms with Crippen molar-refractivity contribution in [3.63, 3.8) is 0 Å². The van der Waals surface area contributed by atoms with Crippen molar-refractivity contribution in [1.29, 1.82) is 0 Å². The van der Waals surface area contributed by atoms with Gasteiger partial charge in [-0.15, -0.1) is 0 Å². The normalized spacial score (nSPS) is 13.8. The van der Waals surface area contributed by atoms with Gasteiger partial charge in [0.05, 0.1) is 10.6 Å². The van der Waals surface area contributed by atoms with Crippen LogP contribution in [0.25, 0.3) is 0 Å². The number of sulfonamides is 1. The molecule has 6 heteroatoms.